The average molecular weight is 363 g/mol. The van der Waals surface area contributed by atoms with E-state index in [0.717, 1.165) is 31.1 Å². The Hall–Kier alpha value is -3.56. The van der Waals surface area contributed by atoms with Crippen LogP contribution >= 0.6 is 0 Å². The molecular formula is C17H17N9O. The summed E-state index contributed by atoms with van der Waals surface area (Å²) in [6, 6.07) is 5.55. The highest BCUT2D eigenvalue weighted by Gasteiger charge is 2.28. The van der Waals surface area contributed by atoms with Crippen LogP contribution in [-0.4, -0.2) is 54.0 Å². The fourth-order valence-electron chi connectivity index (χ4n) is 3.29. The van der Waals surface area contributed by atoms with Crippen LogP contribution in [0.15, 0.2) is 41.7 Å². The van der Waals surface area contributed by atoms with Crippen LogP contribution in [0.25, 0.3) is 16.6 Å². The van der Waals surface area contributed by atoms with Crippen molar-refractivity contribution in [1.82, 2.24) is 34.3 Å². The highest BCUT2D eigenvalue weighted by molar-refractivity contribution is 5.77. The molecule has 5 heterocycles. The quantitative estimate of drug-likeness (QED) is 0.552. The van der Waals surface area contributed by atoms with Crippen molar-refractivity contribution in [3.63, 3.8) is 0 Å². The molecule has 1 aliphatic rings. The Morgan fingerprint density at radius 3 is 3.04 bits per heavy atom. The molecule has 0 saturated carbocycles. The number of anilines is 2. The van der Waals surface area contributed by atoms with E-state index in [9.17, 15) is 4.79 Å². The Balaban J connectivity index is 1.26. The summed E-state index contributed by atoms with van der Waals surface area (Å²) in [5, 5.41) is 16.2. The molecule has 0 aromatic carbocycles. The second-order valence-corrected chi connectivity index (χ2v) is 6.67. The summed E-state index contributed by atoms with van der Waals surface area (Å²) in [7, 11) is 1.73. The first kappa shape index (κ1) is 15.7. The molecule has 4 aromatic heterocycles. The van der Waals surface area contributed by atoms with Crippen molar-refractivity contribution < 1.29 is 0 Å². The van der Waals surface area contributed by atoms with Gasteiger partial charge in [0.25, 0.3) is 5.56 Å². The largest absolute Gasteiger partial charge is 0.355 e. The van der Waals surface area contributed by atoms with Crippen LogP contribution in [0.4, 0.5) is 11.8 Å². The number of nitrogens with zero attached hydrogens (tertiary/aromatic N) is 8. The van der Waals surface area contributed by atoms with Crippen molar-refractivity contribution in [3.05, 3.63) is 47.3 Å². The van der Waals surface area contributed by atoms with Crippen molar-refractivity contribution in [2.24, 2.45) is 13.0 Å². The molecule has 1 saturated heterocycles. The fraction of sp³-hybridized carbons (Fsp3) is 0.294. The Kier molecular flexibility index (Phi) is 3.49. The minimum atomic E-state index is -0.0772. The van der Waals surface area contributed by atoms with Crippen molar-refractivity contribution in [2.45, 2.75) is 0 Å². The maximum absolute atomic E-state index is 12.4. The monoisotopic (exact) mass is 363 g/mol. The van der Waals surface area contributed by atoms with E-state index in [-0.39, 0.29) is 5.56 Å². The highest BCUT2D eigenvalue weighted by Crippen LogP contribution is 2.23. The molecule has 0 atom stereocenters. The summed E-state index contributed by atoms with van der Waals surface area (Å²) < 4.78 is 3.21. The number of pyridine rings is 1. The van der Waals surface area contributed by atoms with Gasteiger partial charge in [-0.2, -0.15) is 4.52 Å². The number of nitrogens with one attached hydrogen (secondary N) is 1. The third kappa shape index (κ3) is 2.65. The number of fused-ring (bicyclic) bond motifs is 2. The first-order chi connectivity index (χ1) is 13.2. The molecule has 1 N–H and O–H groups in total. The van der Waals surface area contributed by atoms with E-state index in [1.165, 1.54) is 0 Å². The Labute approximate surface area is 153 Å². The predicted molar refractivity (Wildman–Crippen MR) is 99.8 cm³/mol. The van der Waals surface area contributed by atoms with Gasteiger partial charge in [0.05, 0.1) is 17.1 Å². The molecule has 0 unspecified atom stereocenters. The lowest BCUT2D eigenvalue weighted by atomic mass is 10.0. The second-order valence-electron chi connectivity index (χ2n) is 6.67. The molecule has 136 valence electrons. The summed E-state index contributed by atoms with van der Waals surface area (Å²) in [5.41, 5.74) is 1.26. The molecule has 0 radical (unpaired) electrons. The van der Waals surface area contributed by atoms with E-state index in [1.807, 2.05) is 12.1 Å². The number of aromatic nitrogens is 7. The number of hydrogen-bond acceptors (Lipinski definition) is 8. The van der Waals surface area contributed by atoms with Crippen LogP contribution in [0.5, 0.6) is 0 Å². The van der Waals surface area contributed by atoms with Crippen LogP contribution in [0.3, 0.4) is 0 Å². The van der Waals surface area contributed by atoms with Crippen LogP contribution in [0.2, 0.25) is 0 Å². The maximum Gasteiger partial charge on any atom is 0.262 e. The molecule has 0 amide bonds. The van der Waals surface area contributed by atoms with Gasteiger partial charge in [-0.05, 0) is 18.2 Å². The Morgan fingerprint density at radius 2 is 2.15 bits per heavy atom. The topological polar surface area (TPSA) is 106 Å². The van der Waals surface area contributed by atoms with Crippen molar-refractivity contribution in [3.8, 4) is 0 Å². The zero-order chi connectivity index (χ0) is 18.4. The minimum Gasteiger partial charge on any atom is -0.355 e. The predicted octanol–water partition coefficient (Wildman–Crippen LogP) is 0.314. The van der Waals surface area contributed by atoms with Crippen LogP contribution in [0.1, 0.15) is 0 Å². The molecular weight excluding hydrogens is 346 g/mol. The smallest absolute Gasteiger partial charge is 0.262 e. The van der Waals surface area contributed by atoms with E-state index >= 15 is 0 Å². The lowest BCUT2D eigenvalue weighted by Gasteiger charge is -2.40. The van der Waals surface area contributed by atoms with Gasteiger partial charge in [-0.25, -0.2) is 4.98 Å². The molecule has 0 aliphatic carbocycles. The first-order valence-corrected chi connectivity index (χ1v) is 8.66. The van der Waals surface area contributed by atoms with Gasteiger partial charge in [0, 0.05) is 38.8 Å². The van der Waals surface area contributed by atoms with Gasteiger partial charge in [0.15, 0.2) is 5.65 Å². The lowest BCUT2D eigenvalue weighted by molar-refractivity contribution is 0.423. The van der Waals surface area contributed by atoms with Crippen molar-refractivity contribution >= 4 is 28.3 Å². The zero-order valence-electron chi connectivity index (χ0n) is 14.6. The zero-order valence-corrected chi connectivity index (χ0v) is 14.6. The molecule has 10 nitrogen and oxygen atoms in total. The van der Waals surface area contributed by atoms with E-state index in [1.54, 1.807) is 40.9 Å². The summed E-state index contributed by atoms with van der Waals surface area (Å²) >= 11 is 0. The number of hydrogen-bond donors (Lipinski definition) is 1. The normalized spacial score (nSPS) is 14.6. The summed E-state index contributed by atoms with van der Waals surface area (Å²) in [6.45, 7) is 2.50. The molecule has 4 aromatic rings. The SMILES string of the molecule is Cn1c(NCC2CN(c3ccc4nncn4n3)C2)nc2cnccc2c1=O. The Bertz CT molecular complexity index is 1190. The molecule has 0 bridgehead atoms. The molecule has 5 rings (SSSR count). The molecule has 1 fully saturated rings. The maximum atomic E-state index is 12.4. The van der Waals surface area contributed by atoms with E-state index in [2.05, 4.69) is 35.5 Å². The molecule has 27 heavy (non-hydrogen) atoms. The fourth-order valence-corrected chi connectivity index (χ4v) is 3.29. The van der Waals surface area contributed by atoms with Gasteiger partial charge in [0.1, 0.15) is 12.1 Å². The second kappa shape index (κ2) is 6.01. The van der Waals surface area contributed by atoms with Gasteiger partial charge in [-0.3, -0.25) is 14.3 Å². The third-order valence-corrected chi connectivity index (χ3v) is 4.86. The van der Waals surface area contributed by atoms with Gasteiger partial charge >= 0.3 is 0 Å². The molecule has 0 spiro atoms. The molecule has 10 heteroatoms. The third-order valence-electron chi connectivity index (χ3n) is 4.86. The highest BCUT2D eigenvalue weighted by atomic mass is 16.1. The van der Waals surface area contributed by atoms with Crippen LogP contribution in [-0.2, 0) is 7.05 Å². The summed E-state index contributed by atoms with van der Waals surface area (Å²) in [4.78, 5) is 23.2. The minimum absolute atomic E-state index is 0.0772. The van der Waals surface area contributed by atoms with Gasteiger partial charge < -0.3 is 10.2 Å². The standard InChI is InChI=1S/C17H17N9O/c1-24-16(27)12-4-5-18-7-13(12)21-17(24)19-6-11-8-25(9-11)15-3-2-14-22-20-10-26(14)23-15/h2-5,7,10-11H,6,8-9H2,1H3,(H,19,21). The van der Waals surface area contributed by atoms with Crippen LogP contribution in [0, 0.1) is 5.92 Å². The van der Waals surface area contributed by atoms with Gasteiger partial charge in [-0.15, -0.1) is 15.3 Å². The summed E-state index contributed by atoms with van der Waals surface area (Å²) in [6.07, 6.45) is 4.81. The van der Waals surface area contributed by atoms with Gasteiger partial charge in [-0.1, -0.05) is 0 Å². The van der Waals surface area contributed by atoms with E-state index in [0.29, 0.717) is 22.8 Å². The van der Waals surface area contributed by atoms with E-state index < -0.39 is 0 Å². The summed E-state index contributed by atoms with van der Waals surface area (Å²) in [5.74, 6) is 1.91. The van der Waals surface area contributed by atoms with Crippen LogP contribution < -0.4 is 15.8 Å². The first-order valence-electron chi connectivity index (χ1n) is 8.66. The van der Waals surface area contributed by atoms with E-state index in [4.69, 9.17) is 0 Å². The average Bonchev–Trinajstić information content (AvgIpc) is 3.12. The molecule has 1 aliphatic heterocycles. The Morgan fingerprint density at radius 1 is 1.26 bits per heavy atom. The van der Waals surface area contributed by atoms with Crippen molar-refractivity contribution in [2.75, 3.05) is 29.9 Å². The number of rotatable bonds is 4. The van der Waals surface area contributed by atoms with Gasteiger partial charge in [0.2, 0.25) is 5.95 Å². The lowest BCUT2D eigenvalue weighted by Crippen LogP contribution is -2.50. The van der Waals surface area contributed by atoms with Crippen molar-refractivity contribution in [1.29, 1.82) is 0 Å².